The van der Waals surface area contributed by atoms with Gasteiger partial charge in [-0.2, -0.15) is 0 Å². The number of carbonyl (C=O) groups excluding carboxylic acids is 1. The number of methoxy groups -OCH3 is 3. The molecule has 2 aromatic carbocycles. The first kappa shape index (κ1) is 18.1. The fourth-order valence-corrected chi connectivity index (χ4v) is 3.57. The largest absolute Gasteiger partial charge is 0.504 e. The van der Waals surface area contributed by atoms with E-state index in [1.165, 1.54) is 12.0 Å². The fourth-order valence-electron chi connectivity index (χ4n) is 2.96. The quantitative estimate of drug-likeness (QED) is 0.816. The summed E-state index contributed by atoms with van der Waals surface area (Å²) in [6, 6.07) is 6.84. The van der Waals surface area contributed by atoms with Gasteiger partial charge in [-0.15, -0.1) is 0 Å². The van der Waals surface area contributed by atoms with E-state index in [4.69, 9.17) is 14.2 Å². The third kappa shape index (κ3) is 2.68. The highest BCUT2D eigenvalue weighted by molar-refractivity contribution is 9.10. The summed E-state index contributed by atoms with van der Waals surface area (Å²) in [5, 5.41) is 10.5. The van der Waals surface area contributed by atoms with Gasteiger partial charge in [0.1, 0.15) is 0 Å². The lowest BCUT2D eigenvalue weighted by Gasteiger charge is -2.15. The van der Waals surface area contributed by atoms with E-state index in [0.717, 1.165) is 5.56 Å². The van der Waals surface area contributed by atoms with Gasteiger partial charge >= 0.3 is 0 Å². The Bertz CT molecular complexity index is 923. The maximum atomic E-state index is 12.5. The number of halogens is 1. The Balaban J connectivity index is 2.22. The Morgan fingerprint density at radius 3 is 2.31 bits per heavy atom. The van der Waals surface area contributed by atoms with Gasteiger partial charge < -0.3 is 24.2 Å². The van der Waals surface area contributed by atoms with Crippen LogP contribution in [-0.2, 0) is 0 Å². The van der Waals surface area contributed by atoms with E-state index in [1.807, 2.05) is 6.07 Å². The predicted octanol–water partition coefficient (Wildman–Crippen LogP) is 3.76. The van der Waals surface area contributed by atoms with E-state index in [1.54, 1.807) is 45.5 Å². The lowest BCUT2D eigenvalue weighted by atomic mass is 10.0. The second kappa shape index (κ2) is 6.92. The van der Waals surface area contributed by atoms with Gasteiger partial charge in [0.25, 0.3) is 5.91 Å². The maximum Gasteiger partial charge on any atom is 0.258 e. The number of nitrogens with zero attached hydrogens (tertiary/aromatic N) is 1. The van der Waals surface area contributed by atoms with Gasteiger partial charge in [0.05, 0.1) is 42.6 Å². The number of aromatic hydroxyl groups is 1. The average Bonchev–Trinajstić information content (AvgIpc) is 2.88. The Hall–Kier alpha value is -2.67. The summed E-state index contributed by atoms with van der Waals surface area (Å²) in [7, 11) is 6.24. The zero-order valence-corrected chi connectivity index (χ0v) is 16.4. The van der Waals surface area contributed by atoms with Crippen LogP contribution in [0, 0.1) is 0 Å². The van der Waals surface area contributed by atoms with E-state index >= 15 is 0 Å². The molecular weight excluding hydrogens is 402 g/mol. The molecule has 0 atom stereocenters. The minimum atomic E-state index is -0.194. The summed E-state index contributed by atoms with van der Waals surface area (Å²) in [5.41, 5.74) is 2.20. The second-order valence-corrected chi connectivity index (χ2v) is 6.43. The van der Waals surface area contributed by atoms with Crippen LogP contribution in [0.5, 0.6) is 23.0 Å². The van der Waals surface area contributed by atoms with Crippen LogP contribution < -0.4 is 14.2 Å². The van der Waals surface area contributed by atoms with Crippen LogP contribution in [0.3, 0.4) is 0 Å². The topological polar surface area (TPSA) is 68.2 Å². The van der Waals surface area contributed by atoms with Crippen molar-refractivity contribution in [1.82, 2.24) is 4.90 Å². The van der Waals surface area contributed by atoms with E-state index in [2.05, 4.69) is 15.9 Å². The lowest BCUT2D eigenvalue weighted by Crippen LogP contribution is -2.17. The molecule has 0 aliphatic carbocycles. The lowest BCUT2D eigenvalue weighted by molar-refractivity contribution is 0.0875. The zero-order valence-electron chi connectivity index (χ0n) is 14.8. The van der Waals surface area contributed by atoms with Crippen LogP contribution in [0.1, 0.15) is 21.5 Å². The molecule has 1 aliphatic rings. The highest BCUT2D eigenvalue weighted by Crippen LogP contribution is 2.45. The number of rotatable bonds is 4. The molecule has 1 N–H and O–H groups in total. The molecule has 0 radical (unpaired) electrons. The van der Waals surface area contributed by atoms with Gasteiger partial charge in [0, 0.05) is 7.05 Å². The highest BCUT2D eigenvalue weighted by atomic mass is 79.9. The molecule has 1 amide bonds. The van der Waals surface area contributed by atoms with E-state index < -0.39 is 0 Å². The molecule has 0 aromatic heterocycles. The van der Waals surface area contributed by atoms with Gasteiger partial charge in [-0.25, -0.2) is 0 Å². The van der Waals surface area contributed by atoms with E-state index in [9.17, 15) is 9.90 Å². The van der Waals surface area contributed by atoms with Crippen molar-refractivity contribution in [1.29, 1.82) is 0 Å². The van der Waals surface area contributed by atoms with Gasteiger partial charge in [0.15, 0.2) is 23.0 Å². The number of carbonyl (C=O) groups is 1. The Morgan fingerprint density at radius 2 is 1.69 bits per heavy atom. The van der Waals surface area contributed by atoms with Crippen LogP contribution in [0.15, 0.2) is 28.7 Å². The molecule has 0 fully saturated rings. The number of amides is 1. The molecule has 26 heavy (non-hydrogen) atoms. The van der Waals surface area contributed by atoms with Gasteiger partial charge in [-0.1, -0.05) is 0 Å². The number of phenolic OH excluding ortho intramolecular Hbond substituents is 1. The smallest absolute Gasteiger partial charge is 0.258 e. The molecule has 7 heteroatoms. The number of hydrogen-bond acceptors (Lipinski definition) is 5. The number of benzene rings is 2. The minimum Gasteiger partial charge on any atom is -0.504 e. The summed E-state index contributed by atoms with van der Waals surface area (Å²) in [4.78, 5) is 14.0. The number of hydrogen-bond donors (Lipinski definition) is 1. The molecule has 0 saturated heterocycles. The average molecular weight is 420 g/mol. The molecule has 0 spiro atoms. The molecule has 0 saturated carbocycles. The fraction of sp³-hybridized carbons (Fsp3) is 0.211. The van der Waals surface area contributed by atoms with Crippen molar-refractivity contribution in [2.45, 2.75) is 0 Å². The zero-order chi connectivity index (χ0) is 19.0. The molecule has 6 nitrogen and oxygen atoms in total. The molecule has 0 bridgehead atoms. The van der Waals surface area contributed by atoms with Gasteiger partial charge in [-0.3, -0.25) is 4.79 Å². The third-order valence-corrected chi connectivity index (χ3v) is 5.14. The monoisotopic (exact) mass is 419 g/mol. The van der Waals surface area contributed by atoms with Crippen molar-refractivity contribution in [3.63, 3.8) is 0 Å². The summed E-state index contributed by atoms with van der Waals surface area (Å²) >= 11 is 3.52. The molecule has 136 valence electrons. The Kier molecular flexibility index (Phi) is 4.82. The normalized spacial score (nSPS) is 14.6. The number of phenols is 1. The number of ether oxygens (including phenoxy) is 3. The van der Waals surface area contributed by atoms with E-state index in [-0.39, 0.29) is 11.7 Å². The van der Waals surface area contributed by atoms with Gasteiger partial charge in [0.2, 0.25) is 0 Å². The Labute approximate surface area is 159 Å². The maximum absolute atomic E-state index is 12.5. The van der Waals surface area contributed by atoms with Crippen molar-refractivity contribution in [3.05, 3.63) is 45.4 Å². The first-order chi connectivity index (χ1) is 12.4. The SMILES string of the molecule is COc1ccc2c(c1O)/C(=C/c1ccc(OC)c(OC)c1Br)N(C)C2=O. The summed E-state index contributed by atoms with van der Waals surface area (Å²) in [6.45, 7) is 0. The molecule has 0 unspecified atom stereocenters. The highest BCUT2D eigenvalue weighted by Gasteiger charge is 2.33. The number of fused-ring (bicyclic) bond motifs is 1. The van der Waals surface area contributed by atoms with E-state index in [0.29, 0.717) is 38.5 Å². The van der Waals surface area contributed by atoms with Crippen LogP contribution in [0.25, 0.3) is 11.8 Å². The standard InChI is InChI=1S/C19H18BrNO5/c1-21-12(9-10-5-7-14(25-3)18(26-4)16(10)20)15-11(19(21)23)6-8-13(24-2)17(15)22/h5-9,22H,1-4H3/b12-9-. The molecule has 1 heterocycles. The summed E-state index contributed by atoms with van der Waals surface area (Å²) in [5.74, 6) is 1.18. The first-order valence-corrected chi connectivity index (χ1v) is 8.54. The molecule has 1 aliphatic heterocycles. The van der Waals surface area contributed by atoms with Crippen molar-refractivity contribution in [2.75, 3.05) is 28.4 Å². The molecule has 3 rings (SSSR count). The van der Waals surface area contributed by atoms with Crippen LogP contribution in [0.4, 0.5) is 0 Å². The first-order valence-electron chi connectivity index (χ1n) is 7.75. The van der Waals surface area contributed by atoms with Crippen molar-refractivity contribution in [2.24, 2.45) is 0 Å². The van der Waals surface area contributed by atoms with Crippen molar-refractivity contribution >= 4 is 33.6 Å². The van der Waals surface area contributed by atoms with Crippen LogP contribution in [0.2, 0.25) is 0 Å². The summed E-state index contributed by atoms with van der Waals surface area (Å²) in [6.07, 6.45) is 1.80. The minimum absolute atomic E-state index is 0.0643. The second-order valence-electron chi connectivity index (χ2n) is 5.64. The van der Waals surface area contributed by atoms with Crippen molar-refractivity contribution in [3.8, 4) is 23.0 Å². The predicted molar refractivity (Wildman–Crippen MR) is 102 cm³/mol. The van der Waals surface area contributed by atoms with Crippen molar-refractivity contribution < 1.29 is 24.1 Å². The third-order valence-electron chi connectivity index (χ3n) is 4.32. The molecular formula is C19H18BrNO5. The van der Waals surface area contributed by atoms with Crippen LogP contribution in [-0.4, -0.2) is 44.3 Å². The molecule has 2 aromatic rings. The summed E-state index contributed by atoms with van der Waals surface area (Å²) < 4.78 is 16.5. The van der Waals surface area contributed by atoms with Crippen LogP contribution >= 0.6 is 15.9 Å². The van der Waals surface area contributed by atoms with Gasteiger partial charge in [-0.05, 0) is 51.8 Å². The Morgan fingerprint density at radius 1 is 1.04 bits per heavy atom.